The van der Waals surface area contributed by atoms with Gasteiger partial charge in [-0.25, -0.2) is 0 Å². The van der Waals surface area contributed by atoms with E-state index < -0.39 is 18.2 Å². The topological polar surface area (TPSA) is 94.8 Å². The number of carbonyl (C=O) groups is 2. The average Bonchev–Trinajstić information content (AvgIpc) is 2.89. The fraction of sp³-hybridized carbons (Fsp3) is 0.545. The summed E-state index contributed by atoms with van der Waals surface area (Å²) in [7, 11) is 0. The van der Waals surface area contributed by atoms with E-state index >= 15 is 0 Å². The minimum Gasteiger partial charge on any atom is -0.481 e. The molecule has 3 N–H and O–H groups in total. The second kappa shape index (κ2) is 11.0. The Bertz CT molecular complexity index is 625. The maximum atomic E-state index is 12.2. The molecule has 1 unspecified atom stereocenters. The maximum absolute atomic E-state index is 12.2. The highest BCUT2D eigenvalue weighted by Gasteiger charge is 2.40. The Morgan fingerprint density at radius 1 is 1.22 bits per heavy atom. The molecule has 0 bridgehead atoms. The number of carboxylic acid groups (broad SMARTS) is 1. The van der Waals surface area contributed by atoms with Gasteiger partial charge in [0, 0.05) is 18.8 Å². The highest BCUT2D eigenvalue weighted by molar-refractivity contribution is 5.84. The smallest absolute Gasteiger partial charge is 0.303 e. The van der Waals surface area contributed by atoms with Crippen LogP contribution in [0.5, 0.6) is 0 Å². The lowest BCUT2D eigenvalue weighted by Crippen LogP contribution is -2.23. The molecular formula is C22H30O5. The van der Waals surface area contributed by atoms with Crippen molar-refractivity contribution in [2.75, 3.05) is 0 Å². The predicted molar refractivity (Wildman–Crippen MR) is 103 cm³/mol. The van der Waals surface area contributed by atoms with Crippen LogP contribution in [0.15, 0.2) is 42.5 Å². The molecule has 5 nitrogen and oxygen atoms in total. The highest BCUT2D eigenvalue weighted by Crippen LogP contribution is 2.35. The summed E-state index contributed by atoms with van der Waals surface area (Å²) in [5, 5.41) is 29.2. The molecule has 1 aromatic rings. The zero-order valence-corrected chi connectivity index (χ0v) is 15.7. The molecule has 0 aromatic heterocycles. The number of allylic oxidation sites excluding steroid dienone is 2. The van der Waals surface area contributed by atoms with Gasteiger partial charge in [0.05, 0.1) is 12.2 Å². The molecule has 1 fully saturated rings. The van der Waals surface area contributed by atoms with E-state index in [0.29, 0.717) is 38.5 Å². The van der Waals surface area contributed by atoms with Gasteiger partial charge in [0.15, 0.2) is 0 Å². The van der Waals surface area contributed by atoms with E-state index in [1.165, 1.54) is 0 Å². The quantitative estimate of drug-likeness (QED) is 0.409. The number of aliphatic carboxylic acids is 1. The van der Waals surface area contributed by atoms with Gasteiger partial charge in [-0.2, -0.15) is 0 Å². The number of aliphatic hydroxyl groups excluding tert-OH is 2. The fourth-order valence-electron chi connectivity index (χ4n) is 3.82. The van der Waals surface area contributed by atoms with Crippen LogP contribution in [0.3, 0.4) is 0 Å². The van der Waals surface area contributed by atoms with Crippen LogP contribution in [0.1, 0.15) is 50.5 Å². The number of carboxylic acids is 1. The summed E-state index contributed by atoms with van der Waals surface area (Å²) in [5.74, 6) is -1.04. The average molecular weight is 374 g/mol. The first-order chi connectivity index (χ1) is 13.0. The van der Waals surface area contributed by atoms with Crippen molar-refractivity contribution >= 4 is 11.8 Å². The van der Waals surface area contributed by atoms with Crippen molar-refractivity contribution in [3.8, 4) is 0 Å². The third kappa shape index (κ3) is 7.27. The van der Waals surface area contributed by atoms with Crippen LogP contribution in [0, 0.1) is 11.8 Å². The molecule has 1 aromatic carbocycles. The van der Waals surface area contributed by atoms with E-state index in [0.717, 1.165) is 5.56 Å². The Hall–Kier alpha value is -1.98. The van der Waals surface area contributed by atoms with Gasteiger partial charge in [0.25, 0.3) is 0 Å². The van der Waals surface area contributed by atoms with Crippen molar-refractivity contribution in [1.82, 2.24) is 0 Å². The van der Waals surface area contributed by atoms with Gasteiger partial charge in [0.2, 0.25) is 0 Å². The largest absolute Gasteiger partial charge is 0.481 e. The first kappa shape index (κ1) is 21.3. The number of unbranched alkanes of at least 4 members (excludes halogenated alkanes) is 1. The second-order valence-corrected chi connectivity index (χ2v) is 7.42. The first-order valence-electron chi connectivity index (χ1n) is 9.77. The van der Waals surface area contributed by atoms with Gasteiger partial charge < -0.3 is 15.3 Å². The Balaban J connectivity index is 1.79. The van der Waals surface area contributed by atoms with Gasteiger partial charge in [-0.1, -0.05) is 42.5 Å². The zero-order valence-electron chi connectivity index (χ0n) is 15.7. The minimum absolute atomic E-state index is 0.0836. The molecule has 1 aliphatic rings. The molecule has 0 saturated heterocycles. The number of aliphatic hydroxyl groups is 2. The van der Waals surface area contributed by atoms with Crippen LogP contribution in [0.25, 0.3) is 0 Å². The lowest BCUT2D eigenvalue weighted by Gasteiger charge is -2.21. The molecule has 27 heavy (non-hydrogen) atoms. The molecule has 1 aliphatic carbocycles. The highest BCUT2D eigenvalue weighted by atomic mass is 16.4. The summed E-state index contributed by atoms with van der Waals surface area (Å²) in [4.78, 5) is 22.7. The van der Waals surface area contributed by atoms with Gasteiger partial charge in [-0.05, 0) is 50.0 Å². The second-order valence-electron chi connectivity index (χ2n) is 7.42. The zero-order chi connectivity index (χ0) is 19.6. The van der Waals surface area contributed by atoms with Gasteiger partial charge in [-0.3, -0.25) is 9.59 Å². The van der Waals surface area contributed by atoms with Crippen LogP contribution in [0.2, 0.25) is 0 Å². The summed E-state index contributed by atoms with van der Waals surface area (Å²) < 4.78 is 0. The summed E-state index contributed by atoms with van der Waals surface area (Å²) in [6, 6.07) is 9.79. The van der Waals surface area contributed by atoms with E-state index in [1.807, 2.05) is 42.5 Å². The van der Waals surface area contributed by atoms with E-state index in [-0.39, 0.29) is 30.5 Å². The first-order valence-corrected chi connectivity index (χ1v) is 9.77. The van der Waals surface area contributed by atoms with Crippen LogP contribution in [-0.2, 0) is 16.0 Å². The Labute approximate surface area is 160 Å². The molecule has 0 heterocycles. The number of hydrogen-bond acceptors (Lipinski definition) is 4. The number of rotatable bonds is 11. The monoisotopic (exact) mass is 374 g/mol. The maximum Gasteiger partial charge on any atom is 0.303 e. The molecular weight excluding hydrogens is 344 g/mol. The number of ketones is 1. The Kier molecular flexibility index (Phi) is 8.69. The van der Waals surface area contributed by atoms with Crippen molar-refractivity contribution in [3.63, 3.8) is 0 Å². The lowest BCUT2D eigenvalue weighted by molar-refractivity contribution is -0.137. The fourth-order valence-corrected chi connectivity index (χ4v) is 3.82. The molecule has 0 spiro atoms. The van der Waals surface area contributed by atoms with Crippen LogP contribution >= 0.6 is 0 Å². The van der Waals surface area contributed by atoms with Crippen molar-refractivity contribution in [2.24, 2.45) is 11.8 Å². The van der Waals surface area contributed by atoms with Gasteiger partial charge in [0.1, 0.15) is 5.78 Å². The molecule has 2 rings (SSSR count). The number of carbonyl (C=O) groups excluding carboxylic acids is 1. The van der Waals surface area contributed by atoms with E-state index in [4.69, 9.17) is 5.11 Å². The van der Waals surface area contributed by atoms with E-state index in [2.05, 4.69) is 0 Å². The molecule has 0 radical (unpaired) electrons. The van der Waals surface area contributed by atoms with Crippen LogP contribution in [-0.4, -0.2) is 39.3 Å². The van der Waals surface area contributed by atoms with Crippen molar-refractivity contribution in [2.45, 2.75) is 63.6 Å². The standard InChI is InChI=1S/C22H30O5/c23-17(14-16-8-4-3-5-9-16)12-13-19-18(20(24)15-21(19)25)10-6-1-2-7-11-22(26)27/h1,3-6,8-9,17-19,21,23,25H,2,7,10-15H2,(H,26,27)/b6-1-/t17?,18-,19-,21-/m1/s1. The van der Waals surface area contributed by atoms with Crippen LogP contribution < -0.4 is 0 Å². The molecule has 0 aliphatic heterocycles. The van der Waals surface area contributed by atoms with Gasteiger partial charge >= 0.3 is 5.97 Å². The van der Waals surface area contributed by atoms with Gasteiger partial charge in [-0.15, -0.1) is 0 Å². The minimum atomic E-state index is -0.799. The number of hydrogen-bond donors (Lipinski definition) is 3. The predicted octanol–water partition coefficient (Wildman–Crippen LogP) is 3.14. The molecule has 0 amide bonds. The Morgan fingerprint density at radius 2 is 1.96 bits per heavy atom. The summed E-state index contributed by atoms with van der Waals surface area (Å²) in [6.45, 7) is 0. The van der Waals surface area contributed by atoms with E-state index in [1.54, 1.807) is 0 Å². The Morgan fingerprint density at radius 3 is 2.67 bits per heavy atom. The summed E-state index contributed by atoms with van der Waals surface area (Å²) in [5.41, 5.74) is 1.08. The van der Waals surface area contributed by atoms with Crippen molar-refractivity contribution < 1.29 is 24.9 Å². The van der Waals surface area contributed by atoms with Crippen molar-refractivity contribution in [1.29, 1.82) is 0 Å². The molecule has 148 valence electrons. The molecule has 1 saturated carbocycles. The third-order valence-corrected chi connectivity index (χ3v) is 5.30. The summed E-state index contributed by atoms with van der Waals surface area (Å²) >= 11 is 0. The normalized spacial score (nSPS) is 23.8. The number of benzene rings is 1. The van der Waals surface area contributed by atoms with E-state index in [9.17, 15) is 19.8 Å². The molecule has 5 heteroatoms. The van der Waals surface area contributed by atoms with Crippen LogP contribution in [0.4, 0.5) is 0 Å². The molecule has 4 atom stereocenters. The third-order valence-electron chi connectivity index (χ3n) is 5.30. The lowest BCUT2D eigenvalue weighted by atomic mass is 9.86. The summed E-state index contributed by atoms with van der Waals surface area (Å²) in [6.07, 6.45) is 6.66. The number of Topliss-reactive ketones (excluding diaryl/α,β-unsaturated/α-hetero) is 1. The SMILES string of the molecule is O=C(O)CCC/C=C\C[C@H]1C(=O)C[C@@H](O)[C@@H]1CCC(O)Cc1ccccc1. The van der Waals surface area contributed by atoms with Crippen molar-refractivity contribution in [3.05, 3.63) is 48.0 Å².